The summed E-state index contributed by atoms with van der Waals surface area (Å²) in [6, 6.07) is 19.8. The molecule has 0 saturated heterocycles. The Morgan fingerprint density at radius 1 is 0.879 bits per heavy atom. The zero-order valence-electron chi connectivity index (χ0n) is 19.8. The summed E-state index contributed by atoms with van der Waals surface area (Å²) in [6.45, 7) is 4.36. The second-order valence-electron chi connectivity index (χ2n) is 11.3. The van der Waals surface area contributed by atoms with Crippen LogP contribution in [0.1, 0.15) is 57.9 Å². The molecule has 0 spiro atoms. The van der Waals surface area contributed by atoms with Crippen LogP contribution in [0, 0.1) is 23.7 Å². The quantitative estimate of drug-likeness (QED) is 0.232. The molecule has 170 valence electrons. The lowest BCUT2D eigenvalue weighted by Gasteiger charge is -2.59. The molecule has 0 N–H and O–H groups in total. The molecule has 4 aliphatic carbocycles. The largest absolute Gasteiger partial charge is 0.459 e. The van der Waals surface area contributed by atoms with E-state index >= 15 is 0 Å². The highest BCUT2D eigenvalue weighted by molar-refractivity contribution is 5.98. The van der Waals surface area contributed by atoms with Gasteiger partial charge >= 0.3 is 5.97 Å². The van der Waals surface area contributed by atoms with Gasteiger partial charge in [-0.15, -0.1) is 0 Å². The Morgan fingerprint density at radius 3 is 2.15 bits per heavy atom. The zero-order chi connectivity index (χ0) is 22.6. The van der Waals surface area contributed by atoms with Gasteiger partial charge in [-0.05, 0) is 115 Å². The fraction of sp³-hybridized carbons (Fsp3) is 0.452. The minimum atomic E-state index is -0.229. The summed E-state index contributed by atoms with van der Waals surface area (Å²) in [4.78, 5) is 12.8. The molecule has 3 aromatic rings. The van der Waals surface area contributed by atoms with Gasteiger partial charge in [-0.3, -0.25) is 4.79 Å². The van der Waals surface area contributed by atoms with Crippen molar-refractivity contribution in [2.24, 2.45) is 23.7 Å². The van der Waals surface area contributed by atoms with Crippen molar-refractivity contribution >= 4 is 27.5 Å². The van der Waals surface area contributed by atoms with Crippen LogP contribution in [-0.4, -0.2) is 11.6 Å². The summed E-state index contributed by atoms with van der Waals surface area (Å²) in [5.41, 5.74) is 2.28. The Bertz CT molecular complexity index is 1220. The van der Waals surface area contributed by atoms with E-state index in [-0.39, 0.29) is 11.6 Å². The van der Waals surface area contributed by atoms with Crippen molar-refractivity contribution in [2.75, 3.05) is 0 Å². The van der Waals surface area contributed by atoms with E-state index in [2.05, 4.69) is 74.5 Å². The number of esters is 1. The lowest BCUT2D eigenvalue weighted by molar-refractivity contribution is -0.202. The highest BCUT2D eigenvalue weighted by Gasteiger charge is 2.56. The molecule has 4 aliphatic rings. The summed E-state index contributed by atoms with van der Waals surface area (Å²) < 4.78 is 6.23. The lowest BCUT2D eigenvalue weighted by atomic mass is 9.50. The number of carbonyl (C=O) groups is 1. The first kappa shape index (κ1) is 21.0. The van der Waals surface area contributed by atoms with Gasteiger partial charge in [0.1, 0.15) is 5.60 Å². The van der Waals surface area contributed by atoms with Crippen LogP contribution in [0.2, 0.25) is 0 Å². The van der Waals surface area contributed by atoms with E-state index in [9.17, 15) is 4.79 Å². The molecule has 2 nitrogen and oxygen atoms in total. The van der Waals surface area contributed by atoms with Gasteiger partial charge in [-0.1, -0.05) is 54.1 Å². The van der Waals surface area contributed by atoms with Crippen molar-refractivity contribution < 1.29 is 9.53 Å². The van der Waals surface area contributed by atoms with Gasteiger partial charge in [0.2, 0.25) is 0 Å². The normalized spacial score (nSPS) is 30.8. The van der Waals surface area contributed by atoms with Gasteiger partial charge in [-0.25, -0.2) is 0 Å². The van der Waals surface area contributed by atoms with Gasteiger partial charge < -0.3 is 4.74 Å². The van der Waals surface area contributed by atoms with Gasteiger partial charge in [0, 0.05) is 0 Å². The number of carbonyl (C=O) groups excluding carboxylic acids is 1. The molecule has 0 atom stereocenters. The second-order valence-corrected chi connectivity index (χ2v) is 11.3. The second kappa shape index (κ2) is 8.01. The number of ether oxygens (including phenoxy) is 1. The molecule has 0 unspecified atom stereocenters. The first-order chi connectivity index (χ1) is 16.0. The fourth-order valence-corrected chi connectivity index (χ4v) is 7.32. The number of allylic oxidation sites excluding steroid dienone is 1. The van der Waals surface area contributed by atoms with E-state index in [0.717, 1.165) is 18.3 Å². The zero-order valence-corrected chi connectivity index (χ0v) is 19.8. The van der Waals surface area contributed by atoms with Crippen molar-refractivity contribution in [3.63, 3.8) is 0 Å². The Kier molecular flexibility index (Phi) is 5.09. The summed E-state index contributed by atoms with van der Waals surface area (Å²) >= 11 is 0. The van der Waals surface area contributed by atoms with E-state index < -0.39 is 0 Å². The predicted molar refractivity (Wildman–Crippen MR) is 135 cm³/mol. The summed E-state index contributed by atoms with van der Waals surface area (Å²) in [5.74, 6) is 2.89. The third-order valence-corrected chi connectivity index (χ3v) is 8.96. The fourth-order valence-electron chi connectivity index (χ4n) is 7.32. The van der Waals surface area contributed by atoms with Crippen LogP contribution in [0.15, 0.2) is 66.2 Å². The van der Waals surface area contributed by atoms with E-state index in [0.29, 0.717) is 18.3 Å². The van der Waals surface area contributed by atoms with Crippen LogP contribution >= 0.6 is 0 Å². The van der Waals surface area contributed by atoms with Gasteiger partial charge in [0.25, 0.3) is 0 Å². The first-order valence-electron chi connectivity index (χ1n) is 12.7. The van der Waals surface area contributed by atoms with E-state index in [1.807, 2.05) is 0 Å². The van der Waals surface area contributed by atoms with Gasteiger partial charge in [0.05, 0.1) is 6.42 Å². The minimum Gasteiger partial charge on any atom is -0.459 e. The van der Waals surface area contributed by atoms with Crippen LogP contribution in [0.25, 0.3) is 21.5 Å². The first-order valence-corrected chi connectivity index (χ1v) is 12.7. The Balaban J connectivity index is 1.12. The minimum absolute atomic E-state index is 0.0469. The van der Waals surface area contributed by atoms with E-state index in [4.69, 9.17) is 4.74 Å². The standard InChI is InChI=1S/C31H34O2/c1-20(11-21-8-9-26-18-24-5-3-4-6-25(24)19-27(26)13-21)7-10-30(32)33-31(2)28-14-22-12-23(16-28)17-29(31)15-22/h3-9,13,18-19,22-23,28-29H,10-12,14-17H2,1-2H3/b20-7-. The molecule has 33 heavy (non-hydrogen) atoms. The molecule has 4 bridgehead atoms. The number of benzene rings is 3. The molecule has 0 aromatic heterocycles. The molecular formula is C31H34O2. The van der Waals surface area contributed by atoms with Crippen molar-refractivity contribution in [2.45, 2.75) is 64.4 Å². The molecule has 0 amide bonds. The van der Waals surface area contributed by atoms with Crippen molar-refractivity contribution in [3.05, 3.63) is 71.8 Å². The molecule has 0 radical (unpaired) electrons. The number of hydrogen-bond acceptors (Lipinski definition) is 2. The number of fused-ring (bicyclic) bond motifs is 2. The third-order valence-electron chi connectivity index (χ3n) is 8.96. The summed E-state index contributed by atoms with van der Waals surface area (Å²) in [5, 5.41) is 5.09. The maximum Gasteiger partial charge on any atom is 0.310 e. The smallest absolute Gasteiger partial charge is 0.310 e. The highest BCUT2D eigenvalue weighted by Crippen LogP contribution is 2.59. The molecular weight excluding hydrogens is 404 g/mol. The molecule has 0 aliphatic heterocycles. The maximum atomic E-state index is 12.8. The molecule has 7 rings (SSSR count). The third kappa shape index (κ3) is 3.88. The maximum absolute atomic E-state index is 12.8. The Morgan fingerprint density at radius 2 is 1.48 bits per heavy atom. The monoisotopic (exact) mass is 438 g/mol. The van der Waals surface area contributed by atoms with Gasteiger partial charge in [0.15, 0.2) is 0 Å². The van der Waals surface area contributed by atoms with E-state index in [1.165, 1.54) is 64.8 Å². The lowest BCUT2D eigenvalue weighted by Crippen LogP contribution is -2.57. The number of rotatable bonds is 5. The average molecular weight is 439 g/mol. The highest BCUT2D eigenvalue weighted by atomic mass is 16.6. The number of hydrogen-bond donors (Lipinski definition) is 0. The Labute approximate surface area is 197 Å². The van der Waals surface area contributed by atoms with Crippen LogP contribution in [0.5, 0.6) is 0 Å². The SMILES string of the molecule is C/C(=C/CC(=O)OC1(C)C2CC3CC(C2)CC1C3)Cc1ccc2cc3ccccc3cc2c1. The summed E-state index contributed by atoms with van der Waals surface area (Å²) in [7, 11) is 0. The Hall–Kier alpha value is -2.61. The molecule has 4 fully saturated rings. The topological polar surface area (TPSA) is 26.3 Å². The van der Waals surface area contributed by atoms with Crippen LogP contribution in [0.4, 0.5) is 0 Å². The van der Waals surface area contributed by atoms with Crippen molar-refractivity contribution in [3.8, 4) is 0 Å². The van der Waals surface area contributed by atoms with E-state index in [1.54, 1.807) is 0 Å². The summed E-state index contributed by atoms with van der Waals surface area (Å²) in [6.07, 6.45) is 9.81. The molecule has 0 heterocycles. The molecule has 2 heteroatoms. The van der Waals surface area contributed by atoms with Crippen molar-refractivity contribution in [1.82, 2.24) is 0 Å². The average Bonchev–Trinajstić information content (AvgIpc) is 2.79. The van der Waals surface area contributed by atoms with Gasteiger partial charge in [-0.2, -0.15) is 0 Å². The molecule has 4 saturated carbocycles. The van der Waals surface area contributed by atoms with Crippen LogP contribution in [0.3, 0.4) is 0 Å². The van der Waals surface area contributed by atoms with Crippen LogP contribution < -0.4 is 0 Å². The van der Waals surface area contributed by atoms with Crippen LogP contribution in [-0.2, 0) is 16.0 Å². The van der Waals surface area contributed by atoms with Crippen molar-refractivity contribution in [1.29, 1.82) is 0 Å². The predicted octanol–water partition coefficient (Wildman–Crippen LogP) is 7.63. The molecule has 3 aromatic carbocycles.